The number of rotatable bonds is 4. The van der Waals surface area contributed by atoms with Crippen LogP contribution in [0.25, 0.3) is 0 Å². The summed E-state index contributed by atoms with van der Waals surface area (Å²) in [5.41, 5.74) is 0. The van der Waals surface area contributed by atoms with Crippen molar-refractivity contribution in [1.82, 2.24) is 10.6 Å². The van der Waals surface area contributed by atoms with E-state index in [0.717, 1.165) is 0 Å². The molecule has 0 unspecified atom stereocenters. The van der Waals surface area contributed by atoms with E-state index < -0.39 is 0 Å². The average Bonchev–Trinajstić information content (AvgIpc) is 1.86. The zero-order chi connectivity index (χ0) is 8.69. The number of hydrogen-bond acceptors (Lipinski definition) is 1. The van der Waals surface area contributed by atoms with Gasteiger partial charge in [0.1, 0.15) is 0 Å². The van der Waals surface area contributed by atoms with Crippen molar-refractivity contribution in [3.05, 3.63) is 0 Å². The van der Waals surface area contributed by atoms with Crippen molar-refractivity contribution in [2.24, 2.45) is 0 Å². The summed E-state index contributed by atoms with van der Waals surface area (Å²) in [6, 6.07) is -0.0595. The van der Waals surface area contributed by atoms with Crippen molar-refractivity contribution in [3.63, 3.8) is 0 Å². The van der Waals surface area contributed by atoms with Crippen molar-refractivity contribution < 1.29 is 9.90 Å². The van der Waals surface area contributed by atoms with Gasteiger partial charge in [0.15, 0.2) is 0 Å². The van der Waals surface area contributed by atoms with Crippen LogP contribution in [0.3, 0.4) is 0 Å². The van der Waals surface area contributed by atoms with Crippen LogP contribution in [0.15, 0.2) is 0 Å². The van der Waals surface area contributed by atoms with Crippen LogP contribution in [-0.2, 0) is 5.11 Å². The molecule has 4 heteroatoms. The van der Waals surface area contributed by atoms with Crippen LogP contribution in [-0.4, -0.2) is 25.2 Å². The molecule has 0 fully saturated rings. The van der Waals surface area contributed by atoms with Crippen LogP contribution < -0.4 is 10.6 Å². The van der Waals surface area contributed by atoms with Crippen molar-refractivity contribution in [2.75, 3.05) is 13.2 Å². The van der Waals surface area contributed by atoms with Gasteiger partial charge in [-0.15, -0.1) is 0 Å². The number of carbonyl (C=O) groups is 1. The highest BCUT2D eigenvalue weighted by molar-refractivity contribution is 5.73. The van der Waals surface area contributed by atoms with E-state index in [4.69, 9.17) is 0 Å². The van der Waals surface area contributed by atoms with Gasteiger partial charge in [0.05, 0.1) is 6.61 Å². The number of amides is 2. The minimum atomic E-state index is -0.201. The summed E-state index contributed by atoms with van der Waals surface area (Å²) in [5.74, 6) is 0. The third kappa shape index (κ3) is 7.12. The molecule has 1 radical (unpaired) electrons. The maximum absolute atomic E-state index is 10.8. The van der Waals surface area contributed by atoms with Gasteiger partial charge in [-0.2, -0.15) is 0 Å². The molecule has 0 spiro atoms. The Balaban J connectivity index is 3.23. The molecular formula is C7H15N2O2. The fourth-order valence-electron chi connectivity index (χ4n) is 0.587. The molecule has 0 heterocycles. The summed E-state index contributed by atoms with van der Waals surface area (Å²) in [7, 11) is 0. The number of nitrogens with one attached hydrogen (secondary N) is 2. The lowest BCUT2D eigenvalue weighted by Gasteiger charge is -2.08. The van der Waals surface area contributed by atoms with Gasteiger partial charge in [-0.05, 0) is 20.3 Å². The number of carbonyl (C=O) groups excluding carboxylic acids is 1. The van der Waals surface area contributed by atoms with Gasteiger partial charge in [-0.25, -0.2) is 9.90 Å². The van der Waals surface area contributed by atoms with E-state index >= 15 is 0 Å². The SMILES string of the molecule is CC(C)NC(=O)NCCC[O]. The smallest absolute Gasteiger partial charge is 0.314 e. The molecule has 2 amide bonds. The number of hydrogen-bond donors (Lipinski definition) is 2. The summed E-state index contributed by atoms with van der Waals surface area (Å²) in [4.78, 5) is 10.8. The highest BCUT2D eigenvalue weighted by Crippen LogP contribution is 1.77. The van der Waals surface area contributed by atoms with E-state index in [1.165, 1.54) is 0 Å². The fourth-order valence-corrected chi connectivity index (χ4v) is 0.587. The molecule has 0 aromatic heterocycles. The quantitative estimate of drug-likeness (QED) is 0.577. The van der Waals surface area contributed by atoms with Gasteiger partial charge in [0.2, 0.25) is 0 Å². The normalized spacial score (nSPS) is 9.82. The third-order valence-corrected chi connectivity index (χ3v) is 1.03. The van der Waals surface area contributed by atoms with E-state index in [1.54, 1.807) is 0 Å². The second-order valence-electron chi connectivity index (χ2n) is 2.61. The Labute approximate surface area is 67.0 Å². The molecule has 0 aliphatic heterocycles. The molecule has 65 valence electrons. The molecule has 0 bridgehead atoms. The summed E-state index contributed by atoms with van der Waals surface area (Å²) in [5, 5.41) is 15.2. The molecule has 4 nitrogen and oxygen atoms in total. The first kappa shape index (κ1) is 10.2. The van der Waals surface area contributed by atoms with Gasteiger partial charge >= 0.3 is 6.03 Å². The molecule has 0 saturated heterocycles. The zero-order valence-corrected chi connectivity index (χ0v) is 7.02. The second-order valence-corrected chi connectivity index (χ2v) is 2.61. The van der Waals surface area contributed by atoms with Crippen LogP contribution in [0, 0.1) is 0 Å². The molecule has 0 aromatic rings. The Kier molecular flexibility index (Phi) is 5.56. The van der Waals surface area contributed by atoms with Crippen LogP contribution in [0.5, 0.6) is 0 Å². The largest absolute Gasteiger partial charge is 0.338 e. The minimum absolute atomic E-state index is 0.137. The Morgan fingerprint density at radius 3 is 2.55 bits per heavy atom. The predicted molar refractivity (Wildman–Crippen MR) is 41.8 cm³/mol. The molecule has 0 aliphatic carbocycles. The maximum Gasteiger partial charge on any atom is 0.314 e. The zero-order valence-electron chi connectivity index (χ0n) is 7.02. The fraction of sp³-hybridized carbons (Fsp3) is 0.857. The Hall–Kier alpha value is -0.770. The van der Waals surface area contributed by atoms with Crippen molar-refractivity contribution in [3.8, 4) is 0 Å². The van der Waals surface area contributed by atoms with E-state index in [-0.39, 0.29) is 18.7 Å². The highest BCUT2D eigenvalue weighted by Gasteiger charge is 1.99. The van der Waals surface area contributed by atoms with Gasteiger partial charge in [0, 0.05) is 12.6 Å². The summed E-state index contributed by atoms with van der Waals surface area (Å²) in [6.45, 7) is 4.09. The lowest BCUT2D eigenvalue weighted by atomic mass is 10.4. The van der Waals surface area contributed by atoms with Gasteiger partial charge < -0.3 is 10.6 Å². The van der Waals surface area contributed by atoms with Crippen LogP contribution in [0.4, 0.5) is 4.79 Å². The maximum atomic E-state index is 10.8. The molecule has 2 N–H and O–H groups in total. The monoisotopic (exact) mass is 159 g/mol. The molecule has 0 aromatic carbocycles. The molecule has 0 atom stereocenters. The standard InChI is InChI=1S/C7H15N2O2/c1-6(2)9-7(11)8-4-3-5-10/h6H,3-5H2,1-2H3,(H2,8,9,11). The number of urea groups is 1. The average molecular weight is 159 g/mol. The first-order valence-corrected chi connectivity index (χ1v) is 3.79. The summed E-state index contributed by atoms with van der Waals surface area (Å²) in [6.07, 6.45) is 0.492. The van der Waals surface area contributed by atoms with E-state index in [9.17, 15) is 9.90 Å². The predicted octanol–water partition coefficient (Wildman–Crippen LogP) is 0.515. The van der Waals surface area contributed by atoms with Crippen LogP contribution >= 0.6 is 0 Å². The Bertz CT molecular complexity index is 115. The van der Waals surface area contributed by atoms with Crippen LogP contribution in [0.1, 0.15) is 20.3 Å². The summed E-state index contributed by atoms with van der Waals surface area (Å²) >= 11 is 0. The highest BCUT2D eigenvalue weighted by atomic mass is 16.3. The third-order valence-electron chi connectivity index (χ3n) is 1.03. The van der Waals surface area contributed by atoms with Crippen molar-refractivity contribution in [1.29, 1.82) is 0 Å². The Morgan fingerprint density at radius 2 is 2.09 bits per heavy atom. The van der Waals surface area contributed by atoms with Crippen molar-refractivity contribution in [2.45, 2.75) is 26.3 Å². The summed E-state index contributed by atoms with van der Waals surface area (Å²) < 4.78 is 0. The lowest BCUT2D eigenvalue weighted by molar-refractivity contribution is 0.188. The van der Waals surface area contributed by atoms with Gasteiger partial charge in [-0.3, -0.25) is 0 Å². The molecule has 11 heavy (non-hydrogen) atoms. The topological polar surface area (TPSA) is 61.0 Å². The Morgan fingerprint density at radius 1 is 1.45 bits per heavy atom. The first-order valence-electron chi connectivity index (χ1n) is 3.79. The van der Waals surface area contributed by atoms with Gasteiger partial charge in [-0.1, -0.05) is 0 Å². The van der Waals surface area contributed by atoms with Gasteiger partial charge in [0.25, 0.3) is 0 Å². The molecular weight excluding hydrogens is 144 g/mol. The molecule has 0 aliphatic rings. The molecule has 0 saturated carbocycles. The lowest BCUT2D eigenvalue weighted by Crippen LogP contribution is -2.39. The first-order chi connectivity index (χ1) is 5.16. The minimum Gasteiger partial charge on any atom is -0.338 e. The molecule has 0 rings (SSSR count). The van der Waals surface area contributed by atoms with Crippen LogP contribution in [0.2, 0.25) is 0 Å². The van der Waals surface area contributed by atoms with Crippen molar-refractivity contribution >= 4 is 6.03 Å². The van der Waals surface area contributed by atoms with E-state index in [0.29, 0.717) is 13.0 Å². The van der Waals surface area contributed by atoms with E-state index in [2.05, 4.69) is 10.6 Å². The second kappa shape index (κ2) is 5.97. The van der Waals surface area contributed by atoms with E-state index in [1.807, 2.05) is 13.8 Å².